The molecule has 1 aromatic carbocycles. The van der Waals surface area contributed by atoms with Crippen LogP contribution in [-0.4, -0.2) is 42.3 Å². The summed E-state index contributed by atoms with van der Waals surface area (Å²) < 4.78 is 0. The van der Waals surface area contributed by atoms with Crippen LogP contribution in [0.2, 0.25) is 0 Å². The molecule has 0 spiro atoms. The van der Waals surface area contributed by atoms with Crippen LogP contribution in [-0.2, 0) is 0 Å². The number of nitrogens with zero attached hydrogens (tertiary/aromatic N) is 1. The number of nitro groups is 1. The largest absolute Gasteiger partial charge is 0.391 e. The summed E-state index contributed by atoms with van der Waals surface area (Å²) in [7, 11) is 0. The lowest BCUT2D eigenvalue weighted by molar-refractivity contribution is -1.19. The Hall–Kier alpha value is -1.50. The van der Waals surface area contributed by atoms with E-state index in [1.165, 1.54) is 9.80 Å². The number of piperidine rings is 2. The van der Waals surface area contributed by atoms with Crippen LogP contribution in [0.4, 0.5) is 5.69 Å². The second kappa shape index (κ2) is 5.25. The number of benzene rings is 1. The lowest BCUT2D eigenvalue weighted by atomic mass is 9.57. The Morgan fingerprint density at radius 3 is 2.08 bits per heavy atom. The van der Waals surface area contributed by atoms with Crippen molar-refractivity contribution in [2.75, 3.05) is 26.2 Å². The van der Waals surface area contributed by atoms with Gasteiger partial charge < -0.3 is 5.11 Å². The first kappa shape index (κ1) is 16.0. The quantitative estimate of drug-likeness (QED) is 0.517. The van der Waals surface area contributed by atoms with Crippen LogP contribution in [0.1, 0.15) is 38.4 Å². The highest BCUT2D eigenvalue weighted by molar-refractivity contribution is 5.40. The van der Waals surface area contributed by atoms with E-state index in [0.717, 1.165) is 44.6 Å². The highest BCUT2D eigenvalue weighted by Crippen LogP contribution is 2.44. The molecule has 6 heteroatoms. The SMILES string of the molecule is CCC12C[NH+]3CC(CC)(C[NH+](C1)C3c1ccccc1[N+](=O)[O-])C2O. The number of aliphatic hydroxyl groups excluding tert-OH is 1. The Bertz CT molecular complexity index is 637. The first-order valence-electron chi connectivity index (χ1n) is 9.07. The van der Waals surface area contributed by atoms with Crippen LogP contribution in [0.25, 0.3) is 0 Å². The van der Waals surface area contributed by atoms with Crippen molar-refractivity contribution in [1.82, 2.24) is 0 Å². The first-order chi connectivity index (χ1) is 11.5. The molecule has 0 aromatic heterocycles. The van der Waals surface area contributed by atoms with E-state index in [1.54, 1.807) is 12.1 Å². The number of nitro benzene ring substituents is 1. The van der Waals surface area contributed by atoms with Crippen molar-refractivity contribution >= 4 is 5.69 Å². The van der Waals surface area contributed by atoms with E-state index in [2.05, 4.69) is 13.8 Å². The van der Waals surface area contributed by atoms with E-state index in [-0.39, 0.29) is 33.7 Å². The Labute approximate surface area is 142 Å². The summed E-state index contributed by atoms with van der Waals surface area (Å²) in [6, 6.07) is 7.21. The zero-order chi connectivity index (χ0) is 17.1. The smallest absolute Gasteiger partial charge is 0.285 e. The molecule has 0 unspecified atom stereocenters. The van der Waals surface area contributed by atoms with Crippen LogP contribution in [0, 0.1) is 20.9 Å². The highest BCUT2D eigenvalue weighted by Gasteiger charge is 2.70. The van der Waals surface area contributed by atoms with Gasteiger partial charge in [-0.25, -0.2) is 0 Å². The molecule has 0 atom stereocenters. The summed E-state index contributed by atoms with van der Waals surface area (Å²) in [5.41, 5.74) is 1.04. The minimum Gasteiger partial charge on any atom is -0.391 e. The lowest BCUT2D eigenvalue weighted by Gasteiger charge is -2.64. The van der Waals surface area contributed by atoms with Gasteiger partial charge in [0, 0.05) is 6.07 Å². The maximum Gasteiger partial charge on any atom is 0.285 e. The molecular formula is C18H27N3O3+2. The molecule has 4 bridgehead atoms. The molecule has 0 radical (unpaired) electrons. The number of hydrogen-bond donors (Lipinski definition) is 3. The van der Waals surface area contributed by atoms with Crippen molar-refractivity contribution in [3.63, 3.8) is 0 Å². The fourth-order valence-corrected chi connectivity index (χ4v) is 6.02. The maximum atomic E-state index is 11.5. The zero-order valence-corrected chi connectivity index (χ0v) is 14.4. The second-order valence-electron chi connectivity index (χ2n) is 8.11. The molecule has 0 aliphatic carbocycles. The monoisotopic (exact) mass is 333 g/mol. The van der Waals surface area contributed by atoms with Crippen molar-refractivity contribution in [3.8, 4) is 0 Å². The summed E-state index contributed by atoms with van der Waals surface area (Å²) >= 11 is 0. The molecule has 4 saturated heterocycles. The van der Waals surface area contributed by atoms with Crippen LogP contribution < -0.4 is 9.80 Å². The normalized spacial score (nSPS) is 43.1. The van der Waals surface area contributed by atoms with Crippen molar-refractivity contribution in [1.29, 1.82) is 0 Å². The standard InChI is InChI=1S/C18H25N3O3/c1-3-17-9-19-11-18(4-2,16(17)22)12-20(10-17)15(19)13-7-5-6-8-14(13)21(23)24/h5-8,15-16,22H,3-4,9-12H2,1-2H3/p+2. The molecule has 1 aromatic rings. The fourth-order valence-electron chi connectivity index (χ4n) is 6.02. The average Bonchev–Trinajstić information content (AvgIpc) is 2.58. The van der Waals surface area contributed by atoms with Crippen LogP contribution in [0.3, 0.4) is 0 Å². The minimum atomic E-state index is -0.248. The summed E-state index contributed by atoms with van der Waals surface area (Å²) in [6.07, 6.45) is 1.84. The fraction of sp³-hybridized carbons (Fsp3) is 0.667. The third-order valence-electron chi connectivity index (χ3n) is 7.15. The van der Waals surface area contributed by atoms with E-state index in [9.17, 15) is 15.2 Å². The first-order valence-corrected chi connectivity index (χ1v) is 9.07. The molecule has 4 heterocycles. The van der Waals surface area contributed by atoms with E-state index < -0.39 is 0 Å². The molecule has 4 fully saturated rings. The molecule has 24 heavy (non-hydrogen) atoms. The van der Waals surface area contributed by atoms with Crippen LogP contribution >= 0.6 is 0 Å². The van der Waals surface area contributed by atoms with Gasteiger partial charge in [0.15, 0.2) is 0 Å². The average molecular weight is 333 g/mol. The molecular weight excluding hydrogens is 306 g/mol. The number of quaternary nitrogens is 2. The van der Waals surface area contributed by atoms with Gasteiger partial charge in [-0.2, -0.15) is 0 Å². The predicted octanol–water partition coefficient (Wildman–Crippen LogP) is -0.442. The van der Waals surface area contributed by atoms with Gasteiger partial charge in [0.05, 0.1) is 48.0 Å². The Morgan fingerprint density at radius 2 is 1.62 bits per heavy atom. The van der Waals surface area contributed by atoms with E-state index in [1.807, 2.05) is 12.1 Å². The van der Waals surface area contributed by atoms with Gasteiger partial charge in [-0.05, 0) is 18.9 Å². The number of rotatable bonds is 4. The maximum absolute atomic E-state index is 11.5. The molecule has 5 rings (SSSR count). The molecule has 6 nitrogen and oxygen atoms in total. The number of hydrogen-bond acceptors (Lipinski definition) is 3. The summed E-state index contributed by atoms with van der Waals surface area (Å²) in [6.45, 7) is 8.06. The molecule has 4 aliphatic heterocycles. The van der Waals surface area contributed by atoms with Crippen molar-refractivity contribution < 1.29 is 19.8 Å². The van der Waals surface area contributed by atoms with E-state index in [4.69, 9.17) is 0 Å². The third kappa shape index (κ3) is 1.93. The van der Waals surface area contributed by atoms with Crippen molar-refractivity contribution in [2.24, 2.45) is 10.8 Å². The van der Waals surface area contributed by atoms with Crippen molar-refractivity contribution in [3.05, 3.63) is 39.9 Å². The number of para-hydroxylation sites is 1. The topological polar surface area (TPSA) is 72.2 Å². The van der Waals surface area contributed by atoms with E-state index in [0.29, 0.717) is 0 Å². The minimum absolute atomic E-state index is 0.0305. The lowest BCUT2D eigenvalue weighted by Crippen LogP contribution is -3.41. The summed E-state index contributed by atoms with van der Waals surface area (Å²) in [5, 5.41) is 22.6. The van der Waals surface area contributed by atoms with Crippen LogP contribution in [0.5, 0.6) is 0 Å². The Morgan fingerprint density at radius 1 is 1.12 bits per heavy atom. The number of nitrogens with one attached hydrogen (secondary N) is 2. The molecule has 130 valence electrons. The van der Waals surface area contributed by atoms with Gasteiger partial charge in [-0.3, -0.25) is 19.9 Å². The number of aliphatic hydroxyl groups is 1. The van der Waals surface area contributed by atoms with Crippen molar-refractivity contribution in [2.45, 2.75) is 39.0 Å². The zero-order valence-electron chi connectivity index (χ0n) is 14.4. The second-order valence-corrected chi connectivity index (χ2v) is 8.11. The predicted molar refractivity (Wildman–Crippen MR) is 88.7 cm³/mol. The van der Waals surface area contributed by atoms with Gasteiger partial charge in [0.25, 0.3) is 5.69 Å². The summed E-state index contributed by atoms with van der Waals surface area (Å²) in [5.74, 6) is 0. The Balaban J connectivity index is 1.78. The van der Waals surface area contributed by atoms with Gasteiger partial charge >= 0.3 is 0 Å². The van der Waals surface area contributed by atoms with E-state index >= 15 is 0 Å². The van der Waals surface area contributed by atoms with Gasteiger partial charge in [-0.1, -0.05) is 26.0 Å². The Kier molecular flexibility index (Phi) is 3.50. The van der Waals surface area contributed by atoms with Gasteiger partial charge in [0.1, 0.15) is 5.56 Å². The van der Waals surface area contributed by atoms with Gasteiger partial charge in [-0.15, -0.1) is 0 Å². The highest BCUT2D eigenvalue weighted by atomic mass is 16.6. The van der Waals surface area contributed by atoms with Gasteiger partial charge in [0.2, 0.25) is 6.17 Å². The third-order valence-corrected chi connectivity index (χ3v) is 7.15. The molecule has 0 saturated carbocycles. The van der Waals surface area contributed by atoms with Crippen LogP contribution in [0.15, 0.2) is 24.3 Å². The molecule has 3 N–H and O–H groups in total. The molecule has 0 amide bonds. The molecule has 4 aliphatic rings. The summed E-state index contributed by atoms with van der Waals surface area (Å²) in [4.78, 5) is 14.1.